The minimum absolute atomic E-state index is 0.314. The molecule has 1 aliphatic rings. The first kappa shape index (κ1) is 17.9. The van der Waals surface area contributed by atoms with Crippen LogP contribution in [0.3, 0.4) is 0 Å². The lowest BCUT2D eigenvalue weighted by atomic mass is 10.2. The van der Waals surface area contributed by atoms with Gasteiger partial charge in [-0.3, -0.25) is 4.90 Å². The summed E-state index contributed by atoms with van der Waals surface area (Å²) in [6, 6.07) is 4.63. The Bertz CT molecular complexity index is 948. The minimum Gasteiger partial charge on any atom is -0.442 e. The molecule has 140 valence electrons. The third-order valence-corrected chi connectivity index (χ3v) is 5.67. The monoisotopic (exact) mass is 406 g/mol. The van der Waals surface area contributed by atoms with E-state index < -0.39 is 11.9 Å². The first-order valence-corrected chi connectivity index (χ1v) is 10.3. The highest BCUT2D eigenvalue weighted by atomic mass is 32.2. The Hall–Kier alpha value is -2.53. The van der Waals surface area contributed by atoms with E-state index in [4.69, 9.17) is 4.74 Å². The van der Waals surface area contributed by atoms with Crippen molar-refractivity contribution < 1.29 is 13.9 Å². The van der Waals surface area contributed by atoms with Crippen LogP contribution in [0.5, 0.6) is 0 Å². The zero-order chi connectivity index (χ0) is 18.8. The average Bonchev–Trinajstić information content (AvgIpc) is 3.38. The summed E-state index contributed by atoms with van der Waals surface area (Å²) in [4.78, 5) is 13.6. The van der Waals surface area contributed by atoms with Crippen LogP contribution in [0.2, 0.25) is 0 Å². The van der Waals surface area contributed by atoms with E-state index in [1.807, 2.05) is 6.26 Å². The van der Waals surface area contributed by atoms with Crippen LogP contribution in [0.15, 0.2) is 30.6 Å². The lowest BCUT2D eigenvalue weighted by Gasteiger charge is -2.13. The van der Waals surface area contributed by atoms with Gasteiger partial charge in [-0.1, -0.05) is 16.6 Å². The van der Waals surface area contributed by atoms with Gasteiger partial charge in [-0.15, -0.1) is 15.3 Å². The Balaban J connectivity index is 1.50. The number of amides is 1. The van der Waals surface area contributed by atoms with Gasteiger partial charge in [0.1, 0.15) is 16.9 Å². The molecule has 0 N–H and O–H groups in total. The van der Waals surface area contributed by atoms with Crippen LogP contribution in [-0.4, -0.2) is 50.2 Å². The van der Waals surface area contributed by atoms with Gasteiger partial charge in [0, 0.05) is 17.5 Å². The van der Waals surface area contributed by atoms with Crippen LogP contribution >= 0.6 is 23.1 Å². The Morgan fingerprint density at radius 2 is 2.30 bits per heavy atom. The fraction of sp³-hybridized carbons (Fsp3) is 0.312. The van der Waals surface area contributed by atoms with E-state index in [1.165, 1.54) is 22.3 Å². The average molecular weight is 406 g/mol. The smallest absolute Gasteiger partial charge is 0.414 e. The van der Waals surface area contributed by atoms with Crippen LogP contribution in [0.4, 0.5) is 14.9 Å². The number of benzene rings is 1. The molecule has 0 radical (unpaired) electrons. The van der Waals surface area contributed by atoms with E-state index in [0.717, 1.165) is 10.8 Å². The van der Waals surface area contributed by atoms with Gasteiger partial charge in [0.25, 0.3) is 0 Å². The van der Waals surface area contributed by atoms with E-state index in [2.05, 4.69) is 20.5 Å². The maximum Gasteiger partial charge on any atom is 0.414 e. The van der Waals surface area contributed by atoms with Gasteiger partial charge in [-0.2, -0.15) is 11.8 Å². The number of halogens is 1. The summed E-state index contributed by atoms with van der Waals surface area (Å²) in [6.07, 6.45) is 4.34. The fourth-order valence-electron chi connectivity index (χ4n) is 2.76. The van der Waals surface area contributed by atoms with Crippen molar-refractivity contribution in [2.75, 3.05) is 17.7 Å². The third-order valence-electron chi connectivity index (χ3n) is 3.97. The molecule has 2 aromatic heterocycles. The molecule has 3 aromatic rings. The summed E-state index contributed by atoms with van der Waals surface area (Å²) in [7, 11) is 0. The second-order valence-corrected chi connectivity index (χ2v) is 7.77. The molecule has 1 atom stereocenters. The molecule has 1 aliphatic heterocycles. The Morgan fingerprint density at radius 1 is 1.41 bits per heavy atom. The van der Waals surface area contributed by atoms with Crippen LogP contribution < -0.4 is 4.90 Å². The summed E-state index contributed by atoms with van der Waals surface area (Å²) in [5, 5.41) is 17.1. The predicted molar refractivity (Wildman–Crippen MR) is 100 cm³/mol. The number of hydrogen-bond acceptors (Lipinski definition) is 8. The molecule has 27 heavy (non-hydrogen) atoms. The summed E-state index contributed by atoms with van der Waals surface area (Å²) in [5.74, 6) is 0.288. The Labute approximate surface area is 162 Å². The molecule has 4 rings (SSSR count). The van der Waals surface area contributed by atoms with Crippen LogP contribution in [-0.2, 0) is 17.0 Å². The van der Waals surface area contributed by atoms with Gasteiger partial charge >= 0.3 is 6.09 Å². The van der Waals surface area contributed by atoms with Gasteiger partial charge < -0.3 is 4.74 Å². The molecule has 1 aromatic carbocycles. The lowest BCUT2D eigenvalue weighted by molar-refractivity contribution is 0.129. The summed E-state index contributed by atoms with van der Waals surface area (Å²) in [6.45, 7) is 0.708. The van der Waals surface area contributed by atoms with Crippen molar-refractivity contribution in [2.45, 2.75) is 18.4 Å². The van der Waals surface area contributed by atoms with Gasteiger partial charge in [-0.25, -0.2) is 13.9 Å². The van der Waals surface area contributed by atoms with Crippen molar-refractivity contribution in [2.24, 2.45) is 0 Å². The first-order chi connectivity index (χ1) is 13.1. The molecule has 0 unspecified atom stereocenters. The maximum absolute atomic E-state index is 14.6. The molecule has 0 spiro atoms. The van der Waals surface area contributed by atoms with Crippen molar-refractivity contribution in [1.29, 1.82) is 0 Å². The van der Waals surface area contributed by atoms with Crippen LogP contribution in [0.1, 0.15) is 5.01 Å². The molecule has 3 heterocycles. The third kappa shape index (κ3) is 3.78. The number of carbonyl (C=O) groups is 1. The van der Waals surface area contributed by atoms with Crippen molar-refractivity contribution in [3.8, 4) is 10.6 Å². The summed E-state index contributed by atoms with van der Waals surface area (Å²) >= 11 is 3.00. The number of nitrogens with zero attached hydrogens (tertiary/aromatic N) is 6. The van der Waals surface area contributed by atoms with Gasteiger partial charge in [-0.05, 0) is 24.5 Å². The molecule has 8 nitrogen and oxygen atoms in total. The van der Waals surface area contributed by atoms with E-state index in [-0.39, 0.29) is 6.10 Å². The van der Waals surface area contributed by atoms with Crippen LogP contribution in [0.25, 0.3) is 10.6 Å². The van der Waals surface area contributed by atoms with Gasteiger partial charge in [0.05, 0.1) is 25.0 Å². The lowest BCUT2D eigenvalue weighted by Crippen LogP contribution is -2.26. The Kier molecular flexibility index (Phi) is 5.03. The molecule has 0 aliphatic carbocycles. The molecule has 0 saturated carbocycles. The highest BCUT2D eigenvalue weighted by molar-refractivity contribution is 7.97. The van der Waals surface area contributed by atoms with Crippen molar-refractivity contribution in [1.82, 2.24) is 25.2 Å². The fourth-order valence-corrected chi connectivity index (χ4v) is 4.31. The largest absolute Gasteiger partial charge is 0.442 e. The summed E-state index contributed by atoms with van der Waals surface area (Å²) in [5.41, 5.74) is 0.812. The minimum atomic E-state index is -0.509. The zero-order valence-electron chi connectivity index (χ0n) is 14.3. The highest BCUT2D eigenvalue weighted by Gasteiger charge is 2.33. The van der Waals surface area contributed by atoms with E-state index in [0.29, 0.717) is 29.3 Å². The number of aromatic nitrogens is 5. The second-order valence-electron chi connectivity index (χ2n) is 5.84. The zero-order valence-corrected chi connectivity index (χ0v) is 15.9. The predicted octanol–water partition coefficient (Wildman–Crippen LogP) is 2.82. The van der Waals surface area contributed by atoms with Crippen molar-refractivity contribution >= 4 is 34.9 Å². The number of cyclic esters (lactones) is 1. The van der Waals surface area contributed by atoms with Gasteiger partial charge in [0.15, 0.2) is 5.01 Å². The van der Waals surface area contributed by atoms with E-state index in [1.54, 1.807) is 41.0 Å². The number of thioether (sulfide) groups is 1. The summed E-state index contributed by atoms with van der Waals surface area (Å²) < 4.78 is 21.6. The molecule has 0 bridgehead atoms. The topological polar surface area (TPSA) is 86.0 Å². The SMILES string of the molecule is CSCc1nnc(-c2ccc(N3C[C@H](Cn4ccnn4)OC3=O)cc2F)s1. The Morgan fingerprint density at radius 3 is 3.04 bits per heavy atom. The first-order valence-electron chi connectivity index (χ1n) is 8.07. The quantitative estimate of drug-likeness (QED) is 0.622. The van der Waals surface area contributed by atoms with Crippen molar-refractivity contribution in [3.05, 3.63) is 41.4 Å². The molecular weight excluding hydrogens is 391 g/mol. The van der Waals surface area contributed by atoms with Crippen LogP contribution in [0, 0.1) is 5.82 Å². The number of anilines is 1. The van der Waals surface area contributed by atoms with Gasteiger partial charge in [0.2, 0.25) is 0 Å². The normalized spacial score (nSPS) is 16.7. The molecule has 1 amide bonds. The molecular formula is C16H15FN6O2S2. The molecule has 1 saturated heterocycles. The standard InChI is InChI=1S/C16H15FN6O2S2/c1-26-9-14-19-20-15(27-14)12-3-2-10(6-13(12)17)23-8-11(25-16(23)24)7-22-5-4-18-21-22/h2-6,11H,7-9H2,1H3/t11-/m0/s1. The number of carbonyl (C=O) groups excluding carboxylic acids is 1. The highest BCUT2D eigenvalue weighted by Crippen LogP contribution is 2.31. The van der Waals surface area contributed by atoms with E-state index >= 15 is 0 Å². The molecule has 1 fully saturated rings. The maximum atomic E-state index is 14.6. The molecule has 11 heteroatoms. The number of hydrogen-bond donors (Lipinski definition) is 0. The number of ether oxygens (including phenoxy) is 1. The van der Waals surface area contributed by atoms with E-state index in [9.17, 15) is 9.18 Å². The second kappa shape index (κ2) is 7.61. The number of rotatable bonds is 6. The van der Waals surface area contributed by atoms with Crippen molar-refractivity contribution in [3.63, 3.8) is 0 Å².